The Bertz CT molecular complexity index is 522. The van der Waals surface area contributed by atoms with E-state index in [4.69, 9.17) is 0 Å². The van der Waals surface area contributed by atoms with Crippen molar-refractivity contribution in [2.75, 3.05) is 0 Å². The standard InChI is InChI=1S/C7H5BrN4O2/c1-11-7-4(8)2-3-5(12(13)14)6(7)9-10-11/h2-3H,1H3. The van der Waals surface area contributed by atoms with E-state index < -0.39 is 4.92 Å². The number of nitro benzene ring substituents is 1. The Balaban J connectivity index is 2.90. The monoisotopic (exact) mass is 256 g/mol. The molecule has 2 aromatic rings. The Hall–Kier alpha value is -1.50. The van der Waals surface area contributed by atoms with E-state index in [-0.39, 0.29) is 5.69 Å². The molecule has 0 saturated heterocycles. The summed E-state index contributed by atoms with van der Waals surface area (Å²) in [6.07, 6.45) is 0. The van der Waals surface area contributed by atoms with Crippen molar-refractivity contribution >= 4 is 32.7 Å². The van der Waals surface area contributed by atoms with Crippen molar-refractivity contribution in [1.29, 1.82) is 0 Å². The van der Waals surface area contributed by atoms with E-state index in [0.717, 1.165) is 4.47 Å². The van der Waals surface area contributed by atoms with Gasteiger partial charge >= 0.3 is 0 Å². The molecule has 1 aromatic carbocycles. The van der Waals surface area contributed by atoms with Crippen molar-refractivity contribution in [2.45, 2.75) is 0 Å². The van der Waals surface area contributed by atoms with Crippen molar-refractivity contribution < 1.29 is 4.92 Å². The summed E-state index contributed by atoms with van der Waals surface area (Å²) in [6.45, 7) is 0. The van der Waals surface area contributed by atoms with Gasteiger partial charge in [0.15, 0.2) is 5.52 Å². The molecule has 0 bridgehead atoms. The lowest BCUT2D eigenvalue weighted by Gasteiger charge is -1.96. The summed E-state index contributed by atoms with van der Waals surface area (Å²) in [5.74, 6) is 0. The van der Waals surface area contributed by atoms with E-state index >= 15 is 0 Å². The Morgan fingerprint density at radius 2 is 2.29 bits per heavy atom. The van der Waals surface area contributed by atoms with E-state index in [2.05, 4.69) is 26.2 Å². The van der Waals surface area contributed by atoms with Gasteiger partial charge in [-0.25, -0.2) is 4.68 Å². The van der Waals surface area contributed by atoms with Crippen LogP contribution in [0.2, 0.25) is 0 Å². The number of rotatable bonds is 1. The number of nitro groups is 1. The van der Waals surface area contributed by atoms with Crippen molar-refractivity contribution in [1.82, 2.24) is 15.0 Å². The molecule has 1 aromatic heterocycles. The summed E-state index contributed by atoms with van der Waals surface area (Å²) >= 11 is 3.29. The Kier molecular flexibility index (Phi) is 1.95. The average Bonchev–Trinajstić information content (AvgIpc) is 2.49. The molecule has 2 rings (SSSR count). The largest absolute Gasteiger partial charge is 0.299 e. The van der Waals surface area contributed by atoms with E-state index in [1.54, 1.807) is 13.1 Å². The van der Waals surface area contributed by atoms with Crippen LogP contribution in [0.25, 0.3) is 11.0 Å². The first-order valence-corrected chi connectivity index (χ1v) is 4.53. The molecule has 14 heavy (non-hydrogen) atoms. The summed E-state index contributed by atoms with van der Waals surface area (Å²) in [5, 5.41) is 18.1. The fourth-order valence-electron chi connectivity index (χ4n) is 1.25. The first-order valence-electron chi connectivity index (χ1n) is 3.73. The van der Waals surface area contributed by atoms with Crippen molar-refractivity contribution in [3.8, 4) is 0 Å². The quantitative estimate of drug-likeness (QED) is 0.574. The van der Waals surface area contributed by atoms with Crippen LogP contribution in [0.4, 0.5) is 5.69 Å². The molecule has 0 spiro atoms. The SMILES string of the molecule is Cn1nnc2c([N+](=O)[O-])ccc(Br)c21. The molecule has 0 N–H and O–H groups in total. The van der Waals surface area contributed by atoms with Gasteiger partial charge in [-0.15, -0.1) is 5.10 Å². The number of benzene rings is 1. The molecule has 0 unspecified atom stereocenters. The van der Waals surface area contributed by atoms with Gasteiger partial charge in [0.05, 0.1) is 4.92 Å². The second kappa shape index (κ2) is 3.02. The third kappa shape index (κ3) is 1.17. The molecule has 0 amide bonds. The molecule has 0 aliphatic rings. The second-order valence-electron chi connectivity index (χ2n) is 2.73. The van der Waals surface area contributed by atoms with Crippen LogP contribution >= 0.6 is 15.9 Å². The molecular weight excluding hydrogens is 252 g/mol. The number of nitrogens with zero attached hydrogens (tertiary/aromatic N) is 4. The first-order chi connectivity index (χ1) is 6.61. The predicted molar refractivity (Wildman–Crippen MR) is 52.9 cm³/mol. The zero-order valence-electron chi connectivity index (χ0n) is 7.14. The fraction of sp³-hybridized carbons (Fsp3) is 0.143. The minimum absolute atomic E-state index is 0.0312. The molecular formula is C7H5BrN4O2. The molecule has 0 aliphatic carbocycles. The van der Waals surface area contributed by atoms with Crippen LogP contribution in [0.3, 0.4) is 0 Å². The zero-order valence-corrected chi connectivity index (χ0v) is 8.72. The molecule has 72 valence electrons. The highest BCUT2D eigenvalue weighted by atomic mass is 79.9. The number of halogens is 1. The Morgan fingerprint density at radius 3 is 2.93 bits per heavy atom. The number of aromatic nitrogens is 3. The lowest BCUT2D eigenvalue weighted by atomic mass is 10.3. The minimum Gasteiger partial charge on any atom is -0.258 e. The van der Waals surface area contributed by atoms with Crippen LogP contribution in [0.5, 0.6) is 0 Å². The lowest BCUT2D eigenvalue weighted by molar-refractivity contribution is -0.383. The fourth-order valence-corrected chi connectivity index (χ4v) is 1.83. The Morgan fingerprint density at radius 1 is 1.57 bits per heavy atom. The highest BCUT2D eigenvalue weighted by Gasteiger charge is 2.18. The highest BCUT2D eigenvalue weighted by Crippen LogP contribution is 2.28. The normalized spacial score (nSPS) is 10.7. The maximum atomic E-state index is 10.6. The zero-order chi connectivity index (χ0) is 10.3. The molecule has 7 heteroatoms. The van der Waals surface area contributed by atoms with Crippen LogP contribution in [0, 0.1) is 10.1 Å². The lowest BCUT2D eigenvalue weighted by Crippen LogP contribution is -1.92. The summed E-state index contributed by atoms with van der Waals surface area (Å²) in [4.78, 5) is 10.2. The van der Waals surface area contributed by atoms with Gasteiger partial charge in [0.25, 0.3) is 5.69 Å². The van der Waals surface area contributed by atoms with Gasteiger partial charge in [-0.1, -0.05) is 5.21 Å². The summed E-state index contributed by atoms with van der Waals surface area (Å²) < 4.78 is 2.23. The second-order valence-corrected chi connectivity index (χ2v) is 3.59. The molecule has 1 heterocycles. The van der Waals surface area contributed by atoms with Crippen LogP contribution < -0.4 is 0 Å². The summed E-state index contributed by atoms with van der Waals surface area (Å²) in [5.41, 5.74) is 0.891. The smallest absolute Gasteiger partial charge is 0.258 e. The van der Waals surface area contributed by atoms with Crippen molar-refractivity contribution in [3.63, 3.8) is 0 Å². The van der Waals surface area contributed by atoms with E-state index in [1.807, 2.05) is 0 Å². The van der Waals surface area contributed by atoms with Crippen LogP contribution in [-0.2, 0) is 7.05 Å². The van der Waals surface area contributed by atoms with Crippen molar-refractivity contribution in [3.05, 3.63) is 26.7 Å². The third-order valence-electron chi connectivity index (χ3n) is 1.88. The maximum Gasteiger partial charge on any atom is 0.299 e. The highest BCUT2D eigenvalue weighted by molar-refractivity contribution is 9.10. The van der Waals surface area contributed by atoms with Gasteiger partial charge in [-0.2, -0.15) is 0 Å². The van der Waals surface area contributed by atoms with Gasteiger partial charge in [-0.3, -0.25) is 10.1 Å². The van der Waals surface area contributed by atoms with Crippen LogP contribution in [0.1, 0.15) is 0 Å². The molecule has 0 fully saturated rings. The number of non-ortho nitro benzene ring substituents is 1. The van der Waals surface area contributed by atoms with Crippen LogP contribution in [0.15, 0.2) is 16.6 Å². The van der Waals surface area contributed by atoms with E-state index in [1.165, 1.54) is 10.7 Å². The topological polar surface area (TPSA) is 73.8 Å². The molecule has 0 aliphatic heterocycles. The third-order valence-corrected chi connectivity index (χ3v) is 2.52. The number of fused-ring (bicyclic) bond motifs is 1. The maximum absolute atomic E-state index is 10.6. The number of aryl methyl sites for hydroxylation is 1. The van der Waals surface area contributed by atoms with E-state index in [9.17, 15) is 10.1 Å². The number of hydrogen-bond donors (Lipinski definition) is 0. The van der Waals surface area contributed by atoms with Crippen molar-refractivity contribution in [2.24, 2.45) is 7.05 Å². The molecule has 6 nitrogen and oxygen atoms in total. The minimum atomic E-state index is -0.469. The average molecular weight is 257 g/mol. The molecule has 0 atom stereocenters. The molecule has 0 saturated carbocycles. The first kappa shape index (κ1) is 9.07. The van der Waals surface area contributed by atoms with Gasteiger partial charge in [-0.05, 0) is 22.0 Å². The van der Waals surface area contributed by atoms with Crippen LogP contribution in [-0.4, -0.2) is 19.9 Å². The van der Waals surface area contributed by atoms with E-state index in [0.29, 0.717) is 11.0 Å². The Labute approximate surface area is 86.8 Å². The van der Waals surface area contributed by atoms with Gasteiger partial charge in [0, 0.05) is 17.6 Å². The van der Waals surface area contributed by atoms with Gasteiger partial charge in [0.1, 0.15) is 5.52 Å². The molecule has 0 radical (unpaired) electrons. The number of hydrogen-bond acceptors (Lipinski definition) is 4. The van der Waals surface area contributed by atoms with Gasteiger partial charge < -0.3 is 0 Å². The van der Waals surface area contributed by atoms with Gasteiger partial charge in [0.2, 0.25) is 0 Å². The summed E-state index contributed by atoms with van der Waals surface area (Å²) in [6, 6.07) is 3.02. The summed E-state index contributed by atoms with van der Waals surface area (Å²) in [7, 11) is 1.68. The predicted octanol–water partition coefficient (Wildman–Crippen LogP) is 1.64.